The molecule has 16 heavy (non-hydrogen) atoms. The van der Waals surface area contributed by atoms with Crippen molar-refractivity contribution < 1.29 is 18.3 Å². The van der Waals surface area contributed by atoms with Gasteiger partial charge in [-0.25, -0.2) is 8.42 Å². The van der Waals surface area contributed by atoms with Crippen LogP contribution in [0, 0.1) is 0 Å². The molecule has 0 spiro atoms. The largest absolute Gasteiger partial charge is 0.395 e. The number of aliphatic hydroxyl groups is 1. The number of aliphatic hydroxyl groups excluding tert-OH is 1. The Morgan fingerprint density at radius 1 is 1.62 bits per heavy atom. The lowest BCUT2D eigenvalue weighted by Crippen LogP contribution is -2.50. The molecule has 1 aliphatic heterocycles. The normalized spacial score (nSPS) is 23.4. The maximum atomic E-state index is 12.2. The summed E-state index contributed by atoms with van der Waals surface area (Å²) in [5.74, 6) is 0. The monoisotopic (exact) mass is 263 g/mol. The van der Waals surface area contributed by atoms with Crippen molar-refractivity contribution in [3.05, 3.63) is 17.5 Å². The van der Waals surface area contributed by atoms with Gasteiger partial charge in [0, 0.05) is 6.54 Å². The molecule has 0 amide bonds. The molecule has 0 aromatic carbocycles. The highest BCUT2D eigenvalue weighted by molar-refractivity contribution is 7.91. The van der Waals surface area contributed by atoms with E-state index in [-0.39, 0.29) is 13.2 Å². The summed E-state index contributed by atoms with van der Waals surface area (Å²) < 4.78 is 31.2. The van der Waals surface area contributed by atoms with Gasteiger partial charge in [0.2, 0.25) is 0 Å². The van der Waals surface area contributed by atoms with E-state index in [9.17, 15) is 8.42 Å². The van der Waals surface area contributed by atoms with Gasteiger partial charge < -0.3 is 9.84 Å². The third kappa shape index (κ3) is 2.14. The number of thiophene rings is 1. The van der Waals surface area contributed by atoms with E-state index in [0.717, 1.165) is 0 Å². The van der Waals surface area contributed by atoms with Crippen molar-refractivity contribution in [2.45, 2.75) is 10.3 Å². The molecule has 1 fully saturated rings. The Morgan fingerprint density at radius 2 is 2.44 bits per heavy atom. The van der Waals surface area contributed by atoms with Gasteiger partial charge in [0.1, 0.15) is 4.21 Å². The summed E-state index contributed by atoms with van der Waals surface area (Å²) in [6, 6.07) is 2.80. The minimum Gasteiger partial charge on any atom is -0.395 e. The first-order chi connectivity index (χ1) is 7.66. The number of hydrogen-bond acceptors (Lipinski definition) is 5. The summed E-state index contributed by atoms with van der Waals surface area (Å²) in [6.07, 6.45) is 0. The Hall–Kier alpha value is -0.470. The van der Waals surface area contributed by atoms with Crippen molar-refractivity contribution in [3.63, 3.8) is 0 Å². The van der Waals surface area contributed by atoms with Crippen LogP contribution in [0.3, 0.4) is 0 Å². The van der Waals surface area contributed by atoms with Gasteiger partial charge in [0.05, 0.1) is 25.9 Å². The second kappa shape index (κ2) is 4.80. The molecule has 1 unspecified atom stereocenters. The van der Waals surface area contributed by atoms with Crippen molar-refractivity contribution in [1.29, 1.82) is 0 Å². The lowest BCUT2D eigenvalue weighted by molar-refractivity contribution is 0.0110. The molecule has 5 nitrogen and oxygen atoms in total. The van der Waals surface area contributed by atoms with Crippen molar-refractivity contribution in [1.82, 2.24) is 4.31 Å². The van der Waals surface area contributed by atoms with Crippen LogP contribution in [0.25, 0.3) is 0 Å². The van der Waals surface area contributed by atoms with Crippen LogP contribution in [-0.4, -0.2) is 50.2 Å². The van der Waals surface area contributed by atoms with Crippen LogP contribution in [0.4, 0.5) is 0 Å². The Bertz CT molecular complexity index is 428. The van der Waals surface area contributed by atoms with Gasteiger partial charge in [-0.15, -0.1) is 11.3 Å². The van der Waals surface area contributed by atoms with Crippen molar-refractivity contribution in [2.75, 3.05) is 26.4 Å². The Labute approximate surface area is 98.3 Å². The number of sulfonamides is 1. The second-order valence-electron chi connectivity index (χ2n) is 3.46. The lowest BCUT2D eigenvalue weighted by Gasteiger charge is -2.32. The molecule has 0 radical (unpaired) electrons. The number of morpholine rings is 1. The van der Waals surface area contributed by atoms with Crippen molar-refractivity contribution >= 4 is 21.4 Å². The molecule has 1 N–H and O–H groups in total. The maximum Gasteiger partial charge on any atom is 0.253 e. The summed E-state index contributed by atoms with van der Waals surface area (Å²) in [6.45, 7) is 0.707. The van der Waals surface area contributed by atoms with Crippen LogP contribution in [-0.2, 0) is 14.8 Å². The van der Waals surface area contributed by atoms with Crippen LogP contribution in [0.5, 0.6) is 0 Å². The molecule has 0 saturated carbocycles. The SMILES string of the molecule is O=S(=O)(c1cccs1)N1CCOCC1CO. The summed E-state index contributed by atoms with van der Waals surface area (Å²) in [7, 11) is -3.47. The molecule has 90 valence electrons. The zero-order chi connectivity index (χ0) is 11.6. The molecule has 1 aromatic rings. The highest BCUT2D eigenvalue weighted by atomic mass is 32.2. The van der Waals surface area contributed by atoms with Gasteiger partial charge in [-0.2, -0.15) is 4.31 Å². The molecule has 7 heteroatoms. The Balaban J connectivity index is 2.28. The fourth-order valence-corrected chi connectivity index (χ4v) is 4.33. The third-order valence-corrected chi connectivity index (χ3v) is 5.77. The average Bonchev–Trinajstić information content (AvgIpc) is 2.83. The van der Waals surface area contributed by atoms with Crippen LogP contribution >= 0.6 is 11.3 Å². The summed E-state index contributed by atoms with van der Waals surface area (Å²) in [5, 5.41) is 10.9. The highest BCUT2D eigenvalue weighted by Gasteiger charge is 2.34. The average molecular weight is 263 g/mol. The highest BCUT2D eigenvalue weighted by Crippen LogP contribution is 2.23. The molecule has 1 saturated heterocycles. The first kappa shape index (κ1) is 12.0. The number of rotatable bonds is 3. The van der Waals surface area contributed by atoms with Gasteiger partial charge in [0.25, 0.3) is 10.0 Å². The van der Waals surface area contributed by atoms with E-state index in [4.69, 9.17) is 9.84 Å². The molecule has 1 aliphatic rings. The van der Waals surface area contributed by atoms with E-state index < -0.39 is 16.1 Å². The van der Waals surface area contributed by atoms with Crippen LogP contribution in [0.1, 0.15) is 0 Å². The lowest BCUT2D eigenvalue weighted by atomic mass is 10.3. The molecule has 0 aliphatic carbocycles. The van der Waals surface area contributed by atoms with E-state index in [1.54, 1.807) is 17.5 Å². The smallest absolute Gasteiger partial charge is 0.253 e. The van der Waals surface area contributed by atoms with Gasteiger partial charge in [-0.1, -0.05) is 6.07 Å². The summed E-state index contributed by atoms with van der Waals surface area (Å²) in [4.78, 5) is 0. The molecule has 2 rings (SSSR count). The third-order valence-electron chi connectivity index (χ3n) is 2.44. The van der Waals surface area contributed by atoms with Gasteiger partial charge in [0.15, 0.2) is 0 Å². The zero-order valence-electron chi connectivity index (χ0n) is 8.57. The van der Waals surface area contributed by atoms with Crippen LogP contribution in [0.15, 0.2) is 21.7 Å². The number of ether oxygens (including phenoxy) is 1. The topological polar surface area (TPSA) is 66.8 Å². The van der Waals surface area contributed by atoms with Crippen LogP contribution in [0.2, 0.25) is 0 Å². The Morgan fingerprint density at radius 3 is 3.06 bits per heavy atom. The molecule has 1 atom stereocenters. The fourth-order valence-electron chi connectivity index (χ4n) is 1.63. The predicted octanol–water partition coefficient (Wildman–Crippen LogP) is 0.130. The van der Waals surface area contributed by atoms with Crippen LogP contribution < -0.4 is 0 Å². The minimum atomic E-state index is -3.47. The quantitative estimate of drug-likeness (QED) is 0.842. The van der Waals surface area contributed by atoms with E-state index >= 15 is 0 Å². The van der Waals surface area contributed by atoms with Gasteiger partial charge in [-0.3, -0.25) is 0 Å². The standard InChI is InChI=1S/C9H13NO4S2/c11-6-8-7-14-4-3-10(8)16(12,13)9-2-1-5-15-9/h1-2,5,8,11H,3-4,6-7H2. The van der Waals surface area contributed by atoms with E-state index in [0.29, 0.717) is 17.4 Å². The first-order valence-corrected chi connectivity index (χ1v) is 7.22. The molecule has 1 aromatic heterocycles. The van der Waals surface area contributed by atoms with Gasteiger partial charge in [-0.05, 0) is 11.4 Å². The number of nitrogens with zero attached hydrogens (tertiary/aromatic N) is 1. The summed E-state index contributed by atoms with van der Waals surface area (Å²) >= 11 is 1.18. The fraction of sp³-hybridized carbons (Fsp3) is 0.556. The predicted molar refractivity (Wildman–Crippen MR) is 59.9 cm³/mol. The minimum absolute atomic E-state index is 0.218. The Kier molecular flexibility index (Phi) is 3.60. The van der Waals surface area contributed by atoms with E-state index in [2.05, 4.69) is 0 Å². The van der Waals surface area contributed by atoms with Crippen molar-refractivity contribution in [2.24, 2.45) is 0 Å². The van der Waals surface area contributed by atoms with E-state index in [1.165, 1.54) is 15.6 Å². The second-order valence-corrected chi connectivity index (χ2v) is 6.52. The van der Waals surface area contributed by atoms with Crippen molar-refractivity contribution in [3.8, 4) is 0 Å². The molecular formula is C9H13NO4S2. The summed E-state index contributed by atoms with van der Waals surface area (Å²) in [5.41, 5.74) is 0. The first-order valence-electron chi connectivity index (χ1n) is 4.90. The maximum absolute atomic E-state index is 12.2. The van der Waals surface area contributed by atoms with E-state index in [1.807, 2.05) is 0 Å². The van der Waals surface area contributed by atoms with Gasteiger partial charge >= 0.3 is 0 Å². The zero-order valence-corrected chi connectivity index (χ0v) is 10.2. The molecule has 0 bridgehead atoms. The number of hydrogen-bond donors (Lipinski definition) is 1. The molecule has 2 heterocycles. The molecular weight excluding hydrogens is 250 g/mol.